The molecule has 0 radical (unpaired) electrons. The van der Waals surface area contributed by atoms with Crippen molar-refractivity contribution in [2.24, 2.45) is 0 Å². The molecule has 0 bridgehead atoms. The van der Waals surface area contributed by atoms with Gasteiger partial charge >= 0.3 is 0 Å². The summed E-state index contributed by atoms with van der Waals surface area (Å²) in [5.74, 6) is 0.888. The Kier molecular flexibility index (Phi) is 3.87. The van der Waals surface area contributed by atoms with Gasteiger partial charge in [-0.2, -0.15) is 0 Å². The molecule has 3 aromatic rings. The van der Waals surface area contributed by atoms with Crippen LogP contribution in [-0.4, -0.2) is 27.7 Å². The largest absolute Gasteiger partial charge is 0.361 e. The van der Waals surface area contributed by atoms with Gasteiger partial charge in [0.1, 0.15) is 11.5 Å². The van der Waals surface area contributed by atoms with Crippen molar-refractivity contribution in [3.8, 4) is 11.3 Å². The van der Waals surface area contributed by atoms with Crippen molar-refractivity contribution in [2.75, 3.05) is 6.54 Å². The lowest BCUT2D eigenvalue weighted by molar-refractivity contribution is 0.0692. The van der Waals surface area contributed by atoms with Crippen LogP contribution >= 0.6 is 0 Å². The van der Waals surface area contributed by atoms with Crippen LogP contribution < -0.4 is 0 Å². The highest BCUT2D eigenvalue weighted by Gasteiger charge is 2.35. The molecule has 128 valence electrons. The molecule has 25 heavy (non-hydrogen) atoms. The third-order valence-corrected chi connectivity index (χ3v) is 4.73. The molecule has 1 saturated heterocycles. The molecular formula is C19H19N3O3. The van der Waals surface area contributed by atoms with Crippen molar-refractivity contribution in [2.45, 2.75) is 32.7 Å². The first-order chi connectivity index (χ1) is 12.1. The van der Waals surface area contributed by atoms with Gasteiger partial charge in [0.25, 0.3) is 5.91 Å². The summed E-state index contributed by atoms with van der Waals surface area (Å²) in [7, 11) is 0. The summed E-state index contributed by atoms with van der Waals surface area (Å²) in [5, 5.41) is 8.07. The van der Waals surface area contributed by atoms with E-state index in [0.717, 1.165) is 35.4 Å². The van der Waals surface area contributed by atoms with E-state index in [9.17, 15) is 4.79 Å². The minimum absolute atomic E-state index is 0.0241. The predicted molar refractivity (Wildman–Crippen MR) is 90.9 cm³/mol. The number of aromatic nitrogens is 2. The second-order valence-electron chi connectivity index (χ2n) is 6.34. The lowest BCUT2D eigenvalue weighted by atomic mass is 10.0. The number of aryl methyl sites for hydroxylation is 2. The third kappa shape index (κ3) is 2.73. The fraction of sp³-hybridized carbons (Fsp3) is 0.316. The van der Waals surface area contributed by atoms with Crippen molar-refractivity contribution < 1.29 is 13.8 Å². The number of hydrogen-bond acceptors (Lipinski definition) is 5. The van der Waals surface area contributed by atoms with E-state index in [0.29, 0.717) is 12.2 Å². The van der Waals surface area contributed by atoms with Gasteiger partial charge < -0.3 is 13.9 Å². The minimum atomic E-state index is -0.141. The van der Waals surface area contributed by atoms with Crippen LogP contribution in [0.1, 0.15) is 46.5 Å². The van der Waals surface area contributed by atoms with Crippen LogP contribution in [0.4, 0.5) is 0 Å². The van der Waals surface area contributed by atoms with Crippen LogP contribution in [0, 0.1) is 13.8 Å². The summed E-state index contributed by atoms with van der Waals surface area (Å²) in [6.07, 6.45) is 1.84. The maximum Gasteiger partial charge on any atom is 0.293 e. The van der Waals surface area contributed by atoms with Gasteiger partial charge in [0.15, 0.2) is 0 Å². The summed E-state index contributed by atoms with van der Waals surface area (Å²) in [6.45, 7) is 4.49. The zero-order valence-electron chi connectivity index (χ0n) is 14.2. The molecule has 0 spiro atoms. The molecule has 1 aromatic carbocycles. The quantitative estimate of drug-likeness (QED) is 0.724. The summed E-state index contributed by atoms with van der Waals surface area (Å²) in [4.78, 5) is 14.8. The van der Waals surface area contributed by atoms with Crippen LogP contribution in [0.25, 0.3) is 11.3 Å². The highest BCUT2D eigenvalue weighted by atomic mass is 16.5. The SMILES string of the molecule is Cc1noc(C)c1[C@@H]1CCCN1C(=O)c1cc(-c2ccccc2)no1. The Morgan fingerprint density at radius 1 is 1.16 bits per heavy atom. The second kappa shape index (κ2) is 6.20. The molecular weight excluding hydrogens is 318 g/mol. The van der Waals surface area contributed by atoms with Crippen LogP contribution in [0.15, 0.2) is 45.4 Å². The Morgan fingerprint density at radius 3 is 2.68 bits per heavy atom. The zero-order valence-corrected chi connectivity index (χ0v) is 14.2. The average Bonchev–Trinajstić information content (AvgIpc) is 3.35. The smallest absolute Gasteiger partial charge is 0.293 e. The van der Waals surface area contributed by atoms with Gasteiger partial charge in [-0.05, 0) is 26.7 Å². The van der Waals surface area contributed by atoms with Gasteiger partial charge in [-0.15, -0.1) is 0 Å². The average molecular weight is 337 g/mol. The maximum atomic E-state index is 13.0. The molecule has 1 aliphatic rings. The van der Waals surface area contributed by atoms with Crippen molar-refractivity contribution in [1.82, 2.24) is 15.2 Å². The standard InChI is InChI=1S/C19H19N3O3/c1-12-18(13(2)24-20-12)16-9-6-10-22(16)19(23)17-11-15(21-25-17)14-7-4-3-5-8-14/h3-5,7-8,11,16H,6,9-10H2,1-2H3/t16-/m0/s1. The summed E-state index contributed by atoms with van der Waals surface area (Å²) >= 11 is 0. The van der Waals surface area contributed by atoms with Gasteiger partial charge in [0.05, 0.1) is 11.7 Å². The molecule has 4 rings (SSSR count). The molecule has 0 N–H and O–H groups in total. The van der Waals surface area contributed by atoms with Gasteiger partial charge in [0.2, 0.25) is 5.76 Å². The molecule has 0 unspecified atom stereocenters. The Balaban J connectivity index is 1.61. The summed E-state index contributed by atoms with van der Waals surface area (Å²) in [6, 6.07) is 11.4. The Morgan fingerprint density at radius 2 is 1.96 bits per heavy atom. The molecule has 1 amide bonds. The molecule has 6 heteroatoms. The van der Waals surface area contributed by atoms with Crippen molar-refractivity contribution in [3.63, 3.8) is 0 Å². The maximum absolute atomic E-state index is 13.0. The molecule has 1 atom stereocenters. The first-order valence-corrected chi connectivity index (χ1v) is 8.41. The van der Waals surface area contributed by atoms with E-state index >= 15 is 0 Å². The zero-order chi connectivity index (χ0) is 17.4. The van der Waals surface area contributed by atoms with E-state index in [-0.39, 0.29) is 17.7 Å². The first-order valence-electron chi connectivity index (χ1n) is 8.41. The highest BCUT2D eigenvalue weighted by molar-refractivity contribution is 5.93. The number of rotatable bonds is 3. The fourth-order valence-corrected chi connectivity index (χ4v) is 3.54. The number of carbonyl (C=O) groups excluding carboxylic acids is 1. The molecule has 1 aliphatic heterocycles. The Bertz CT molecular complexity index is 878. The van der Waals surface area contributed by atoms with E-state index in [1.165, 1.54) is 0 Å². The first kappa shape index (κ1) is 15.6. The number of hydrogen-bond donors (Lipinski definition) is 0. The number of nitrogens with zero attached hydrogens (tertiary/aromatic N) is 3. The number of amides is 1. The monoisotopic (exact) mass is 337 g/mol. The van der Waals surface area contributed by atoms with Gasteiger partial charge in [-0.1, -0.05) is 40.6 Å². The van der Waals surface area contributed by atoms with Crippen LogP contribution in [0.3, 0.4) is 0 Å². The van der Waals surface area contributed by atoms with Gasteiger partial charge in [-0.25, -0.2) is 0 Å². The summed E-state index contributed by atoms with van der Waals surface area (Å²) < 4.78 is 10.6. The number of carbonyl (C=O) groups is 1. The van der Waals surface area contributed by atoms with Gasteiger partial charge in [0, 0.05) is 23.7 Å². The topological polar surface area (TPSA) is 72.4 Å². The minimum Gasteiger partial charge on any atom is -0.361 e. The van der Waals surface area contributed by atoms with E-state index in [2.05, 4.69) is 10.3 Å². The van der Waals surface area contributed by atoms with E-state index in [1.54, 1.807) is 6.07 Å². The lowest BCUT2D eigenvalue weighted by Gasteiger charge is -2.23. The predicted octanol–water partition coefficient (Wildman–Crippen LogP) is 3.92. The molecule has 6 nitrogen and oxygen atoms in total. The Labute approximate surface area is 145 Å². The molecule has 0 aliphatic carbocycles. The van der Waals surface area contributed by atoms with Crippen molar-refractivity contribution in [3.05, 3.63) is 59.2 Å². The van der Waals surface area contributed by atoms with Crippen molar-refractivity contribution in [1.29, 1.82) is 0 Å². The van der Waals surface area contributed by atoms with E-state index < -0.39 is 0 Å². The van der Waals surface area contributed by atoms with Crippen molar-refractivity contribution >= 4 is 5.91 Å². The Hall–Kier alpha value is -2.89. The number of benzene rings is 1. The van der Waals surface area contributed by atoms with E-state index in [1.807, 2.05) is 49.1 Å². The highest BCUT2D eigenvalue weighted by Crippen LogP contribution is 2.36. The van der Waals surface area contributed by atoms with Crippen LogP contribution in [-0.2, 0) is 0 Å². The molecule has 3 heterocycles. The van der Waals surface area contributed by atoms with Crippen LogP contribution in [0.2, 0.25) is 0 Å². The second-order valence-corrected chi connectivity index (χ2v) is 6.34. The van der Waals surface area contributed by atoms with E-state index in [4.69, 9.17) is 9.05 Å². The summed E-state index contributed by atoms with van der Waals surface area (Å²) in [5.41, 5.74) is 3.43. The third-order valence-electron chi connectivity index (χ3n) is 4.73. The fourth-order valence-electron chi connectivity index (χ4n) is 3.54. The molecule has 2 aromatic heterocycles. The van der Waals surface area contributed by atoms with Gasteiger partial charge in [-0.3, -0.25) is 4.79 Å². The number of likely N-dealkylation sites (tertiary alicyclic amines) is 1. The lowest BCUT2D eigenvalue weighted by Crippen LogP contribution is -2.30. The molecule has 1 fully saturated rings. The molecule has 0 saturated carbocycles. The van der Waals surface area contributed by atoms with Crippen LogP contribution in [0.5, 0.6) is 0 Å². The normalized spacial score (nSPS) is 17.2.